The van der Waals surface area contributed by atoms with Crippen LogP contribution in [0.3, 0.4) is 0 Å². The molecule has 110 valence electrons. The highest BCUT2D eigenvalue weighted by Crippen LogP contribution is 2.07. The molecule has 0 amide bonds. The van der Waals surface area contributed by atoms with Crippen molar-refractivity contribution in [3.63, 3.8) is 0 Å². The predicted molar refractivity (Wildman–Crippen MR) is 79.2 cm³/mol. The molecule has 1 aromatic carbocycles. The van der Waals surface area contributed by atoms with Crippen molar-refractivity contribution >= 4 is 0 Å². The average Bonchev–Trinajstić information content (AvgIpc) is 2.39. The molecule has 1 aromatic rings. The van der Waals surface area contributed by atoms with Gasteiger partial charge in [0.1, 0.15) is 0 Å². The zero-order valence-electron chi connectivity index (χ0n) is 12.2. The second-order valence-electron chi connectivity index (χ2n) is 4.78. The number of methoxy groups -OCH3 is 1. The molecule has 0 aromatic heterocycles. The van der Waals surface area contributed by atoms with E-state index in [9.17, 15) is 5.11 Å². The molecule has 0 aliphatic heterocycles. The molecule has 4 heteroatoms. The van der Waals surface area contributed by atoms with Crippen LogP contribution in [-0.4, -0.2) is 55.1 Å². The molecule has 0 heterocycles. The van der Waals surface area contributed by atoms with Crippen LogP contribution in [0, 0.1) is 11.8 Å². The lowest BCUT2D eigenvalue weighted by Crippen LogP contribution is -2.31. The maximum Gasteiger partial charge on any atom is 0.0900 e. The number of nitrogens with zero attached hydrogens (tertiary/aromatic N) is 1. The van der Waals surface area contributed by atoms with Gasteiger partial charge in [-0.2, -0.15) is 0 Å². The van der Waals surface area contributed by atoms with Gasteiger partial charge in [-0.15, -0.1) is 0 Å². The lowest BCUT2D eigenvalue weighted by atomic mass is 10.1. The lowest BCUT2D eigenvalue weighted by Gasteiger charge is -2.20. The number of hydrogen-bond acceptors (Lipinski definition) is 4. The first-order valence-electron chi connectivity index (χ1n) is 6.70. The summed E-state index contributed by atoms with van der Waals surface area (Å²) >= 11 is 0. The van der Waals surface area contributed by atoms with Crippen LogP contribution in [0.15, 0.2) is 24.3 Å². The standard InChI is InChI=1S/C16H23NO3/c1-17(12-16(19)13-20-2)11-15-8-5-7-14(10-15)6-3-4-9-18/h5,7-8,10,16,18-19H,4,9,11-13H2,1-2H3. The molecule has 0 bridgehead atoms. The van der Waals surface area contributed by atoms with Crippen molar-refractivity contribution in [2.24, 2.45) is 0 Å². The quantitative estimate of drug-likeness (QED) is 0.726. The van der Waals surface area contributed by atoms with E-state index in [0.29, 0.717) is 19.6 Å². The Labute approximate surface area is 121 Å². The predicted octanol–water partition coefficient (Wildman–Crippen LogP) is 0.860. The average molecular weight is 277 g/mol. The van der Waals surface area contributed by atoms with Gasteiger partial charge in [0.2, 0.25) is 0 Å². The smallest absolute Gasteiger partial charge is 0.0900 e. The van der Waals surface area contributed by atoms with Gasteiger partial charge in [0.05, 0.1) is 19.3 Å². The van der Waals surface area contributed by atoms with Crippen LogP contribution in [-0.2, 0) is 11.3 Å². The molecule has 0 spiro atoms. The number of likely N-dealkylation sites (N-methyl/N-ethyl adjacent to an activating group) is 1. The Hall–Kier alpha value is -1.38. The molecule has 1 atom stereocenters. The largest absolute Gasteiger partial charge is 0.395 e. The van der Waals surface area contributed by atoms with E-state index in [-0.39, 0.29) is 6.61 Å². The van der Waals surface area contributed by atoms with Crippen molar-refractivity contribution in [1.82, 2.24) is 4.90 Å². The molecule has 1 unspecified atom stereocenters. The third kappa shape index (κ3) is 6.69. The van der Waals surface area contributed by atoms with Gasteiger partial charge in [-0.05, 0) is 24.7 Å². The third-order valence-corrected chi connectivity index (χ3v) is 2.73. The van der Waals surface area contributed by atoms with Crippen LogP contribution < -0.4 is 0 Å². The van der Waals surface area contributed by atoms with Crippen molar-refractivity contribution in [2.75, 3.05) is 33.9 Å². The van der Waals surface area contributed by atoms with Crippen molar-refractivity contribution in [3.05, 3.63) is 35.4 Å². The molecule has 2 N–H and O–H groups in total. The van der Waals surface area contributed by atoms with Crippen LogP contribution in [0.5, 0.6) is 0 Å². The summed E-state index contributed by atoms with van der Waals surface area (Å²) in [6.45, 7) is 1.74. The first-order valence-corrected chi connectivity index (χ1v) is 6.70. The van der Waals surface area contributed by atoms with E-state index in [1.165, 1.54) is 0 Å². The Morgan fingerprint density at radius 3 is 2.90 bits per heavy atom. The Morgan fingerprint density at radius 1 is 1.40 bits per heavy atom. The molecule has 0 aliphatic rings. The van der Waals surface area contributed by atoms with Crippen LogP contribution in [0.4, 0.5) is 0 Å². The summed E-state index contributed by atoms with van der Waals surface area (Å²) in [4.78, 5) is 2.05. The maximum absolute atomic E-state index is 9.68. The maximum atomic E-state index is 9.68. The van der Waals surface area contributed by atoms with Crippen molar-refractivity contribution in [1.29, 1.82) is 0 Å². The van der Waals surface area contributed by atoms with E-state index < -0.39 is 6.10 Å². The molecule has 0 saturated heterocycles. The number of rotatable bonds is 7. The summed E-state index contributed by atoms with van der Waals surface area (Å²) in [7, 11) is 3.54. The lowest BCUT2D eigenvalue weighted by molar-refractivity contribution is 0.0419. The minimum atomic E-state index is -0.475. The van der Waals surface area contributed by atoms with Crippen molar-refractivity contribution in [3.8, 4) is 11.8 Å². The number of benzene rings is 1. The van der Waals surface area contributed by atoms with E-state index in [2.05, 4.69) is 11.8 Å². The van der Waals surface area contributed by atoms with Gasteiger partial charge < -0.3 is 14.9 Å². The van der Waals surface area contributed by atoms with E-state index >= 15 is 0 Å². The molecular formula is C16H23NO3. The fourth-order valence-electron chi connectivity index (χ4n) is 1.95. The Balaban J connectivity index is 2.55. The van der Waals surface area contributed by atoms with E-state index in [1.807, 2.05) is 36.2 Å². The summed E-state index contributed by atoms with van der Waals surface area (Å²) in [5.74, 6) is 5.93. The summed E-state index contributed by atoms with van der Waals surface area (Å²) < 4.78 is 4.91. The van der Waals surface area contributed by atoms with Gasteiger partial charge >= 0.3 is 0 Å². The van der Waals surface area contributed by atoms with Gasteiger partial charge in [0, 0.05) is 32.2 Å². The number of aliphatic hydroxyl groups excluding tert-OH is 2. The SMILES string of the molecule is COCC(O)CN(C)Cc1cccc(C#CCCO)c1. The second-order valence-corrected chi connectivity index (χ2v) is 4.78. The van der Waals surface area contributed by atoms with Gasteiger partial charge in [-0.25, -0.2) is 0 Å². The van der Waals surface area contributed by atoms with Gasteiger partial charge in [-0.3, -0.25) is 4.90 Å². The zero-order valence-corrected chi connectivity index (χ0v) is 12.2. The molecular weight excluding hydrogens is 254 g/mol. The second kappa shape index (κ2) is 9.51. The molecule has 0 saturated carbocycles. The van der Waals surface area contributed by atoms with Gasteiger partial charge in [-0.1, -0.05) is 24.0 Å². The Bertz CT molecular complexity index is 451. The highest BCUT2D eigenvalue weighted by molar-refractivity contribution is 5.37. The van der Waals surface area contributed by atoms with Crippen LogP contribution in [0.25, 0.3) is 0 Å². The topological polar surface area (TPSA) is 52.9 Å². The molecule has 1 rings (SSSR count). The normalized spacial score (nSPS) is 12.1. The van der Waals surface area contributed by atoms with Crippen LogP contribution in [0.2, 0.25) is 0 Å². The van der Waals surface area contributed by atoms with E-state index in [4.69, 9.17) is 9.84 Å². The van der Waals surface area contributed by atoms with Crippen molar-refractivity contribution < 1.29 is 14.9 Å². The fraction of sp³-hybridized carbons (Fsp3) is 0.500. The molecule has 0 fully saturated rings. The zero-order chi connectivity index (χ0) is 14.8. The first-order chi connectivity index (χ1) is 9.65. The monoisotopic (exact) mass is 277 g/mol. The van der Waals surface area contributed by atoms with E-state index in [0.717, 1.165) is 17.7 Å². The highest BCUT2D eigenvalue weighted by Gasteiger charge is 2.08. The summed E-state index contributed by atoms with van der Waals surface area (Å²) in [5, 5.41) is 18.4. The Kier molecular flexibility index (Phi) is 7.93. The molecule has 20 heavy (non-hydrogen) atoms. The summed E-state index contributed by atoms with van der Waals surface area (Å²) in [5.41, 5.74) is 2.09. The van der Waals surface area contributed by atoms with Gasteiger partial charge in [0.25, 0.3) is 0 Å². The third-order valence-electron chi connectivity index (χ3n) is 2.73. The van der Waals surface area contributed by atoms with Gasteiger partial charge in [0.15, 0.2) is 0 Å². The minimum Gasteiger partial charge on any atom is -0.395 e. The highest BCUT2D eigenvalue weighted by atomic mass is 16.5. The minimum absolute atomic E-state index is 0.0901. The van der Waals surface area contributed by atoms with Crippen LogP contribution in [0.1, 0.15) is 17.5 Å². The summed E-state index contributed by atoms with van der Waals surface area (Å²) in [6.07, 6.45) is 0.0189. The number of hydrogen-bond donors (Lipinski definition) is 2. The van der Waals surface area contributed by atoms with Crippen LogP contribution >= 0.6 is 0 Å². The van der Waals surface area contributed by atoms with Crippen molar-refractivity contribution in [2.45, 2.75) is 19.1 Å². The molecule has 0 aliphatic carbocycles. The number of ether oxygens (including phenoxy) is 1. The first kappa shape index (κ1) is 16.7. The molecule has 0 radical (unpaired) electrons. The van der Waals surface area contributed by atoms with E-state index in [1.54, 1.807) is 7.11 Å². The Morgan fingerprint density at radius 2 is 2.20 bits per heavy atom. The number of aliphatic hydroxyl groups is 2. The fourth-order valence-corrected chi connectivity index (χ4v) is 1.95. The molecule has 4 nitrogen and oxygen atoms in total. The summed E-state index contributed by atoms with van der Waals surface area (Å²) in [6, 6.07) is 7.99.